The van der Waals surface area contributed by atoms with E-state index in [0.717, 1.165) is 38.4 Å². The summed E-state index contributed by atoms with van der Waals surface area (Å²) in [5.74, 6) is 1.03. The Morgan fingerprint density at radius 3 is 3.10 bits per heavy atom. The Balaban J connectivity index is 1.94. The van der Waals surface area contributed by atoms with Crippen LogP contribution in [-0.4, -0.2) is 36.7 Å². The van der Waals surface area contributed by atoms with Crippen molar-refractivity contribution in [1.82, 2.24) is 10.3 Å². The number of carbonyl (C=O) groups is 1. The molecule has 1 aliphatic rings. The number of hydrogen-bond donors (Lipinski definition) is 2. The van der Waals surface area contributed by atoms with E-state index in [0.29, 0.717) is 11.6 Å². The number of aromatic nitrogens is 1. The predicted octanol–water partition coefficient (Wildman–Crippen LogP) is 2.06. The van der Waals surface area contributed by atoms with Crippen molar-refractivity contribution in [2.75, 3.05) is 25.1 Å². The maximum absolute atomic E-state index is 12.2. The number of nitrogens with zero attached hydrogens (tertiary/aromatic N) is 1. The molecule has 1 aromatic rings. The molecule has 0 spiro atoms. The fourth-order valence-corrected chi connectivity index (χ4v) is 2.26. The van der Waals surface area contributed by atoms with Crippen LogP contribution in [0.15, 0.2) is 18.2 Å². The fourth-order valence-electron chi connectivity index (χ4n) is 2.26. The molecule has 0 aliphatic carbocycles. The molecule has 2 atom stereocenters. The lowest BCUT2D eigenvalue weighted by atomic mass is 10.0. The summed E-state index contributed by atoms with van der Waals surface area (Å²) >= 11 is 0. The zero-order valence-electron chi connectivity index (χ0n) is 12.2. The minimum atomic E-state index is -0.121. The molecule has 2 heterocycles. The van der Waals surface area contributed by atoms with Crippen molar-refractivity contribution in [1.29, 1.82) is 0 Å². The van der Waals surface area contributed by atoms with Gasteiger partial charge in [0.1, 0.15) is 11.5 Å². The van der Waals surface area contributed by atoms with Gasteiger partial charge in [-0.05, 0) is 31.9 Å². The molecule has 110 valence electrons. The van der Waals surface area contributed by atoms with Gasteiger partial charge in [-0.2, -0.15) is 0 Å². The van der Waals surface area contributed by atoms with Crippen LogP contribution in [0.25, 0.3) is 0 Å². The summed E-state index contributed by atoms with van der Waals surface area (Å²) in [6.07, 6.45) is 2.03. The maximum atomic E-state index is 12.2. The normalized spacial score (nSPS) is 19.6. The number of nitrogens with one attached hydrogen (secondary N) is 2. The molecule has 1 aromatic heterocycles. The van der Waals surface area contributed by atoms with Gasteiger partial charge in [-0.3, -0.25) is 4.79 Å². The van der Waals surface area contributed by atoms with Gasteiger partial charge in [0.25, 0.3) is 5.91 Å². The average molecular weight is 277 g/mol. The molecule has 5 heteroatoms. The highest BCUT2D eigenvalue weighted by Gasteiger charge is 2.24. The van der Waals surface area contributed by atoms with E-state index in [1.54, 1.807) is 6.07 Å². The Labute approximate surface area is 120 Å². The Hall–Kier alpha value is -1.62. The lowest BCUT2D eigenvalue weighted by Crippen LogP contribution is -2.38. The Morgan fingerprint density at radius 2 is 2.40 bits per heavy atom. The number of ether oxygens (including phenoxy) is 1. The third-order valence-corrected chi connectivity index (χ3v) is 3.57. The molecule has 2 unspecified atom stereocenters. The van der Waals surface area contributed by atoms with Crippen molar-refractivity contribution in [2.24, 2.45) is 5.92 Å². The number of hydrogen-bond acceptors (Lipinski definition) is 4. The van der Waals surface area contributed by atoms with Gasteiger partial charge in [-0.15, -0.1) is 0 Å². The van der Waals surface area contributed by atoms with E-state index in [-0.39, 0.29) is 11.9 Å². The molecular formula is C15H23N3O2. The second-order valence-corrected chi connectivity index (χ2v) is 5.22. The van der Waals surface area contributed by atoms with Crippen molar-refractivity contribution < 1.29 is 9.53 Å². The smallest absolute Gasteiger partial charge is 0.270 e. The van der Waals surface area contributed by atoms with Gasteiger partial charge in [-0.25, -0.2) is 4.98 Å². The molecule has 0 saturated carbocycles. The van der Waals surface area contributed by atoms with Crippen LogP contribution in [0.3, 0.4) is 0 Å². The van der Waals surface area contributed by atoms with Gasteiger partial charge in [0.2, 0.25) is 0 Å². The van der Waals surface area contributed by atoms with Gasteiger partial charge in [0.05, 0.1) is 6.61 Å². The third-order valence-electron chi connectivity index (χ3n) is 3.57. The summed E-state index contributed by atoms with van der Waals surface area (Å²) in [5, 5.41) is 6.20. The molecule has 0 radical (unpaired) electrons. The minimum absolute atomic E-state index is 0.110. The molecule has 1 fully saturated rings. The van der Waals surface area contributed by atoms with Gasteiger partial charge >= 0.3 is 0 Å². The molecule has 0 aromatic carbocycles. The van der Waals surface area contributed by atoms with Crippen LogP contribution in [0.2, 0.25) is 0 Å². The number of amides is 1. The SMILES string of the molecule is CCCNc1cccc(C(=O)NC(C)C2CCOC2)n1. The van der Waals surface area contributed by atoms with Crippen LogP contribution in [0.5, 0.6) is 0 Å². The first-order valence-corrected chi connectivity index (χ1v) is 7.30. The van der Waals surface area contributed by atoms with Gasteiger partial charge < -0.3 is 15.4 Å². The minimum Gasteiger partial charge on any atom is -0.381 e. The Bertz CT molecular complexity index is 444. The summed E-state index contributed by atoms with van der Waals surface area (Å²) in [6, 6.07) is 5.58. The summed E-state index contributed by atoms with van der Waals surface area (Å²) in [4.78, 5) is 16.5. The van der Waals surface area contributed by atoms with Gasteiger partial charge in [-0.1, -0.05) is 13.0 Å². The van der Waals surface area contributed by atoms with E-state index in [2.05, 4.69) is 22.5 Å². The molecule has 1 amide bonds. The monoisotopic (exact) mass is 277 g/mol. The van der Waals surface area contributed by atoms with E-state index in [9.17, 15) is 4.79 Å². The van der Waals surface area contributed by atoms with E-state index in [1.165, 1.54) is 0 Å². The van der Waals surface area contributed by atoms with Crippen molar-refractivity contribution >= 4 is 11.7 Å². The molecule has 5 nitrogen and oxygen atoms in total. The van der Waals surface area contributed by atoms with Crippen LogP contribution >= 0.6 is 0 Å². The first-order valence-electron chi connectivity index (χ1n) is 7.30. The van der Waals surface area contributed by atoms with E-state index < -0.39 is 0 Å². The highest BCUT2D eigenvalue weighted by Crippen LogP contribution is 2.16. The van der Waals surface area contributed by atoms with Crippen LogP contribution in [0.1, 0.15) is 37.2 Å². The quantitative estimate of drug-likeness (QED) is 0.835. The number of rotatable bonds is 6. The van der Waals surface area contributed by atoms with Crippen molar-refractivity contribution in [3.63, 3.8) is 0 Å². The number of anilines is 1. The number of carbonyl (C=O) groups excluding carboxylic acids is 1. The van der Waals surface area contributed by atoms with Crippen molar-refractivity contribution in [3.8, 4) is 0 Å². The summed E-state index contributed by atoms with van der Waals surface area (Å²) in [5.41, 5.74) is 0.455. The van der Waals surface area contributed by atoms with Gasteiger partial charge in [0, 0.05) is 25.1 Å². The van der Waals surface area contributed by atoms with Gasteiger partial charge in [0.15, 0.2) is 0 Å². The standard InChI is InChI=1S/C15H23N3O2/c1-3-8-16-14-6-4-5-13(18-14)15(19)17-11(2)12-7-9-20-10-12/h4-6,11-12H,3,7-10H2,1-2H3,(H,16,18)(H,17,19). The largest absolute Gasteiger partial charge is 0.381 e. The molecule has 20 heavy (non-hydrogen) atoms. The maximum Gasteiger partial charge on any atom is 0.270 e. The first kappa shape index (κ1) is 14.8. The molecule has 2 rings (SSSR count). The van der Waals surface area contributed by atoms with Crippen LogP contribution in [0, 0.1) is 5.92 Å². The Morgan fingerprint density at radius 1 is 1.55 bits per heavy atom. The summed E-state index contributed by atoms with van der Waals surface area (Å²) in [6.45, 7) is 6.49. The molecule has 1 saturated heterocycles. The zero-order chi connectivity index (χ0) is 14.4. The topological polar surface area (TPSA) is 63.2 Å². The zero-order valence-corrected chi connectivity index (χ0v) is 12.2. The van der Waals surface area contributed by atoms with Crippen molar-refractivity contribution in [3.05, 3.63) is 23.9 Å². The highest BCUT2D eigenvalue weighted by molar-refractivity contribution is 5.92. The number of pyridine rings is 1. The van der Waals surface area contributed by atoms with Crippen LogP contribution in [-0.2, 0) is 4.74 Å². The second kappa shape index (κ2) is 7.24. The van der Waals surface area contributed by atoms with Crippen molar-refractivity contribution in [2.45, 2.75) is 32.7 Å². The Kier molecular flexibility index (Phi) is 5.35. The molecule has 0 bridgehead atoms. The second-order valence-electron chi connectivity index (χ2n) is 5.22. The predicted molar refractivity (Wildman–Crippen MR) is 78.9 cm³/mol. The summed E-state index contributed by atoms with van der Waals surface area (Å²) < 4.78 is 5.35. The van der Waals surface area contributed by atoms with E-state index >= 15 is 0 Å². The molecule has 2 N–H and O–H groups in total. The fraction of sp³-hybridized carbons (Fsp3) is 0.600. The lowest BCUT2D eigenvalue weighted by Gasteiger charge is -2.19. The lowest BCUT2D eigenvalue weighted by molar-refractivity contribution is 0.0917. The average Bonchev–Trinajstić information content (AvgIpc) is 2.99. The van der Waals surface area contributed by atoms with E-state index in [1.807, 2.05) is 19.1 Å². The molecule has 1 aliphatic heterocycles. The highest BCUT2D eigenvalue weighted by atomic mass is 16.5. The molecular weight excluding hydrogens is 254 g/mol. The van der Waals surface area contributed by atoms with Crippen LogP contribution < -0.4 is 10.6 Å². The summed E-state index contributed by atoms with van der Waals surface area (Å²) in [7, 11) is 0. The van der Waals surface area contributed by atoms with Crippen LogP contribution in [0.4, 0.5) is 5.82 Å². The third kappa shape index (κ3) is 3.93. The first-order chi connectivity index (χ1) is 9.70. The van der Waals surface area contributed by atoms with E-state index in [4.69, 9.17) is 4.74 Å².